The molecule has 0 heterocycles. The number of sulfonamides is 1. The third kappa shape index (κ3) is 3.33. The Kier molecular flexibility index (Phi) is 4.39. The summed E-state index contributed by atoms with van der Waals surface area (Å²) >= 11 is 0. The summed E-state index contributed by atoms with van der Waals surface area (Å²) in [4.78, 5) is 0.203. The first-order chi connectivity index (χ1) is 11.5. The number of benzene rings is 3. The van der Waals surface area contributed by atoms with E-state index >= 15 is 0 Å². The molecule has 1 atom stereocenters. The summed E-state index contributed by atoms with van der Waals surface area (Å²) < 4.78 is 27.7. The highest BCUT2D eigenvalue weighted by molar-refractivity contribution is 7.89. The van der Waals surface area contributed by atoms with Gasteiger partial charge in [-0.3, -0.25) is 0 Å². The smallest absolute Gasteiger partial charge is 0.207 e. The Hall–Kier alpha value is -2.61. The van der Waals surface area contributed by atoms with Crippen LogP contribution in [-0.2, 0) is 10.0 Å². The fourth-order valence-corrected chi connectivity index (χ4v) is 3.67. The lowest BCUT2D eigenvalue weighted by Gasteiger charge is -2.15. The molecular formula is C20H17NO2S. The van der Waals surface area contributed by atoms with Crippen LogP contribution < -0.4 is 4.72 Å². The van der Waals surface area contributed by atoms with Gasteiger partial charge in [0.15, 0.2) is 0 Å². The third-order valence-corrected chi connectivity index (χ3v) is 5.32. The molecule has 0 saturated carbocycles. The van der Waals surface area contributed by atoms with E-state index in [1.165, 1.54) is 0 Å². The van der Waals surface area contributed by atoms with E-state index in [0.717, 1.165) is 21.9 Å². The van der Waals surface area contributed by atoms with Gasteiger partial charge >= 0.3 is 0 Å². The minimum Gasteiger partial charge on any atom is -0.207 e. The Morgan fingerprint density at radius 2 is 1.62 bits per heavy atom. The largest absolute Gasteiger partial charge is 0.241 e. The van der Waals surface area contributed by atoms with Gasteiger partial charge in [0, 0.05) is 0 Å². The van der Waals surface area contributed by atoms with Gasteiger partial charge in [-0.1, -0.05) is 60.0 Å². The molecule has 3 aromatic carbocycles. The van der Waals surface area contributed by atoms with Crippen molar-refractivity contribution in [1.29, 1.82) is 0 Å². The minimum atomic E-state index is -3.68. The van der Waals surface area contributed by atoms with Gasteiger partial charge < -0.3 is 0 Å². The highest BCUT2D eigenvalue weighted by atomic mass is 32.2. The number of nitrogens with one attached hydrogen (secondary N) is 1. The highest BCUT2D eigenvalue weighted by Crippen LogP contribution is 2.22. The maximum absolute atomic E-state index is 12.5. The first-order valence-electron chi connectivity index (χ1n) is 7.53. The van der Waals surface area contributed by atoms with Crippen LogP contribution in [0.4, 0.5) is 0 Å². The standard InChI is InChI=1S/C20H17NO2S/c1-3-20(18-11-10-16-6-4-5-7-17(16)14-18)21-24(22,23)19-12-8-15(2)9-13-19/h1,4-14,20-21H,2H3. The molecule has 1 N–H and O–H groups in total. The van der Waals surface area contributed by atoms with Gasteiger partial charge in [0.1, 0.15) is 6.04 Å². The Balaban J connectivity index is 1.93. The summed E-state index contributed by atoms with van der Waals surface area (Å²) in [6.07, 6.45) is 5.58. The molecule has 1 unspecified atom stereocenters. The number of fused-ring (bicyclic) bond motifs is 1. The van der Waals surface area contributed by atoms with Gasteiger partial charge in [-0.2, -0.15) is 4.72 Å². The van der Waals surface area contributed by atoms with Gasteiger partial charge in [0.25, 0.3) is 0 Å². The summed E-state index contributed by atoms with van der Waals surface area (Å²) in [6, 6.07) is 19.5. The Labute approximate surface area is 142 Å². The Morgan fingerprint density at radius 1 is 0.958 bits per heavy atom. The molecule has 0 amide bonds. The van der Waals surface area contributed by atoms with E-state index < -0.39 is 16.1 Å². The molecule has 120 valence electrons. The monoisotopic (exact) mass is 335 g/mol. The number of hydrogen-bond donors (Lipinski definition) is 1. The van der Waals surface area contributed by atoms with E-state index in [9.17, 15) is 8.42 Å². The predicted molar refractivity (Wildman–Crippen MR) is 97.0 cm³/mol. The summed E-state index contributed by atoms with van der Waals surface area (Å²) in [6.45, 7) is 1.91. The first kappa shape index (κ1) is 16.3. The van der Waals surface area contributed by atoms with Gasteiger partial charge in [0.05, 0.1) is 4.90 Å². The maximum Gasteiger partial charge on any atom is 0.241 e. The van der Waals surface area contributed by atoms with Crippen molar-refractivity contribution in [2.45, 2.75) is 17.9 Å². The molecule has 0 spiro atoms. The van der Waals surface area contributed by atoms with Crippen LogP contribution in [0.3, 0.4) is 0 Å². The molecule has 0 aliphatic heterocycles. The van der Waals surface area contributed by atoms with Crippen molar-refractivity contribution < 1.29 is 8.42 Å². The van der Waals surface area contributed by atoms with Gasteiger partial charge in [-0.15, -0.1) is 6.42 Å². The lowest BCUT2D eigenvalue weighted by molar-refractivity contribution is 0.576. The van der Waals surface area contributed by atoms with E-state index in [2.05, 4.69) is 10.6 Å². The predicted octanol–water partition coefficient (Wildman–Crippen LogP) is 3.80. The topological polar surface area (TPSA) is 46.2 Å². The van der Waals surface area contributed by atoms with Crippen LogP contribution in [0.25, 0.3) is 10.8 Å². The molecule has 0 radical (unpaired) electrons. The summed E-state index contributed by atoms with van der Waals surface area (Å²) in [5.74, 6) is 2.53. The molecule has 3 nitrogen and oxygen atoms in total. The zero-order valence-corrected chi connectivity index (χ0v) is 14.0. The van der Waals surface area contributed by atoms with Crippen molar-refractivity contribution in [1.82, 2.24) is 4.72 Å². The molecule has 4 heteroatoms. The zero-order valence-electron chi connectivity index (χ0n) is 13.2. The molecular weight excluding hydrogens is 318 g/mol. The second kappa shape index (κ2) is 6.48. The average Bonchev–Trinajstić information content (AvgIpc) is 2.59. The number of rotatable bonds is 4. The van der Waals surface area contributed by atoms with E-state index in [0.29, 0.717) is 0 Å². The molecule has 0 aliphatic carbocycles. The van der Waals surface area contributed by atoms with Crippen LogP contribution in [0, 0.1) is 19.3 Å². The van der Waals surface area contributed by atoms with Crippen LogP contribution in [0.15, 0.2) is 71.6 Å². The third-order valence-electron chi connectivity index (χ3n) is 3.88. The lowest BCUT2D eigenvalue weighted by Crippen LogP contribution is -2.27. The second-order valence-electron chi connectivity index (χ2n) is 5.64. The van der Waals surface area contributed by atoms with E-state index in [4.69, 9.17) is 6.42 Å². The Bertz CT molecular complexity index is 1020. The SMILES string of the molecule is C#CC(NS(=O)(=O)c1ccc(C)cc1)c1ccc2ccccc2c1. The van der Waals surface area contributed by atoms with E-state index in [-0.39, 0.29) is 4.90 Å². The van der Waals surface area contributed by atoms with Crippen LogP contribution in [0.2, 0.25) is 0 Å². The fraction of sp³-hybridized carbons (Fsp3) is 0.100. The van der Waals surface area contributed by atoms with Crippen molar-refractivity contribution >= 4 is 20.8 Å². The van der Waals surface area contributed by atoms with E-state index in [1.807, 2.05) is 49.4 Å². The molecule has 0 aliphatic rings. The number of aryl methyl sites for hydroxylation is 1. The van der Waals surface area contributed by atoms with Crippen LogP contribution in [-0.4, -0.2) is 8.42 Å². The van der Waals surface area contributed by atoms with Gasteiger partial charge in [0.2, 0.25) is 10.0 Å². The molecule has 0 aromatic heterocycles. The summed E-state index contributed by atoms with van der Waals surface area (Å²) in [5.41, 5.74) is 1.74. The average molecular weight is 335 g/mol. The molecule has 0 bridgehead atoms. The van der Waals surface area contributed by atoms with E-state index in [1.54, 1.807) is 24.3 Å². The molecule has 0 fully saturated rings. The minimum absolute atomic E-state index is 0.203. The molecule has 3 aromatic rings. The number of hydrogen-bond acceptors (Lipinski definition) is 2. The molecule has 0 saturated heterocycles. The molecule has 3 rings (SSSR count). The summed E-state index contributed by atoms with van der Waals surface area (Å²) in [7, 11) is -3.68. The second-order valence-corrected chi connectivity index (χ2v) is 7.35. The zero-order chi connectivity index (χ0) is 17.2. The lowest BCUT2D eigenvalue weighted by atomic mass is 10.0. The fourth-order valence-electron chi connectivity index (χ4n) is 2.53. The normalized spacial score (nSPS) is 12.7. The van der Waals surface area contributed by atoms with Crippen molar-refractivity contribution in [3.8, 4) is 12.3 Å². The maximum atomic E-state index is 12.5. The van der Waals surface area contributed by atoms with Gasteiger partial charge in [-0.05, 0) is 41.5 Å². The van der Waals surface area contributed by atoms with Crippen LogP contribution in [0.1, 0.15) is 17.2 Å². The Morgan fingerprint density at radius 3 is 2.29 bits per heavy atom. The quantitative estimate of drug-likeness (QED) is 0.737. The van der Waals surface area contributed by atoms with Crippen molar-refractivity contribution in [3.63, 3.8) is 0 Å². The number of terminal acetylenes is 1. The van der Waals surface area contributed by atoms with Crippen LogP contribution in [0.5, 0.6) is 0 Å². The van der Waals surface area contributed by atoms with Gasteiger partial charge in [-0.25, -0.2) is 8.42 Å². The van der Waals surface area contributed by atoms with Crippen molar-refractivity contribution in [3.05, 3.63) is 77.9 Å². The highest BCUT2D eigenvalue weighted by Gasteiger charge is 2.20. The summed E-state index contributed by atoms with van der Waals surface area (Å²) in [5, 5.41) is 2.10. The van der Waals surface area contributed by atoms with Crippen molar-refractivity contribution in [2.24, 2.45) is 0 Å². The first-order valence-corrected chi connectivity index (χ1v) is 9.02. The molecule has 24 heavy (non-hydrogen) atoms. The van der Waals surface area contributed by atoms with Crippen LogP contribution >= 0.6 is 0 Å². The van der Waals surface area contributed by atoms with Crippen molar-refractivity contribution in [2.75, 3.05) is 0 Å².